The minimum atomic E-state index is -0.202. The van der Waals surface area contributed by atoms with Gasteiger partial charge in [-0.25, -0.2) is 4.39 Å². The van der Waals surface area contributed by atoms with Gasteiger partial charge in [0.15, 0.2) is 0 Å². The number of nitrogens with two attached hydrogens (primary N) is 1. The van der Waals surface area contributed by atoms with Gasteiger partial charge in [-0.1, -0.05) is 19.4 Å². The van der Waals surface area contributed by atoms with E-state index in [4.69, 9.17) is 5.73 Å². The average Bonchev–Trinajstić information content (AvgIpc) is 2.09. The molecular formula is C11H16FN. The molecule has 0 bridgehead atoms. The Balaban J connectivity index is 2.91. The summed E-state index contributed by atoms with van der Waals surface area (Å²) in [6.07, 6.45) is 1.93. The zero-order valence-corrected chi connectivity index (χ0v) is 8.18. The summed E-state index contributed by atoms with van der Waals surface area (Å²) in [5.41, 5.74) is 7.91. The highest BCUT2D eigenvalue weighted by Gasteiger charge is 2.08. The number of hydrogen-bond donors (Lipinski definition) is 1. The molecule has 0 amide bonds. The Morgan fingerprint density at radius 3 is 2.77 bits per heavy atom. The van der Waals surface area contributed by atoms with Crippen LogP contribution in [-0.4, -0.2) is 0 Å². The molecule has 1 aromatic rings. The van der Waals surface area contributed by atoms with Gasteiger partial charge in [0.05, 0.1) is 0 Å². The molecule has 1 aromatic carbocycles. The van der Waals surface area contributed by atoms with E-state index in [1.807, 2.05) is 6.92 Å². The lowest BCUT2D eigenvalue weighted by molar-refractivity contribution is 0.603. The summed E-state index contributed by atoms with van der Waals surface area (Å²) in [6.45, 7) is 4.04. The Hall–Kier alpha value is -0.890. The maximum Gasteiger partial charge on any atom is 0.123 e. The molecule has 72 valence electrons. The van der Waals surface area contributed by atoms with Crippen LogP contribution in [0.2, 0.25) is 0 Å². The second-order valence-electron chi connectivity index (χ2n) is 3.40. The van der Waals surface area contributed by atoms with Crippen molar-refractivity contribution in [3.05, 3.63) is 35.1 Å². The van der Waals surface area contributed by atoms with E-state index in [9.17, 15) is 4.39 Å². The fourth-order valence-corrected chi connectivity index (χ4v) is 1.48. The summed E-state index contributed by atoms with van der Waals surface area (Å²) in [7, 11) is 0. The molecule has 0 heterocycles. The van der Waals surface area contributed by atoms with Crippen LogP contribution in [0.25, 0.3) is 0 Å². The van der Waals surface area contributed by atoms with Gasteiger partial charge in [-0.3, -0.25) is 0 Å². The molecule has 0 aromatic heterocycles. The van der Waals surface area contributed by atoms with E-state index in [2.05, 4.69) is 6.92 Å². The fraction of sp³-hybridized carbons (Fsp3) is 0.455. The minimum absolute atomic E-state index is 0.0271. The Morgan fingerprint density at radius 1 is 1.46 bits per heavy atom. The van der Waals surface area contributed by atoms with Crippen molar-refractivity contribution in [1.82, 2.24) is 0 Å². The van der Waals surface area contributed by atoms with Crippen molar-refractivity contribution in [3.8, 4) is 0 Å². The van der Waals surface area contributed by atoms with Crippen molar-refractivity contribution < 1.29 is 4.39 Å². The fourth-order valence-electron chi connectivity index (χ4n) is 1.48. The average molecular weight is 181 g/mol. The molecule has 0 aliphatic carbocycles. The van der Waals surface area contributed by atoms with E-state index in [0.717, 1.165) is 24.0 Å². The SMILES string of the molecule is CCCC(N)c1cc(F)ccc1C. The van der Waals surface area contributed by atoms with Crippen LogP contribution in [0.5, 0.6) is 0 Å². The second-order valence-corrected chi connectivity index (χ2v) is 3.40. The molecule has 0 spiro atoms. The summed E-state index contributed by atoms with van der Waals surface area (Å²) in [5.74, 6) is -0.202. The zero-order chi connectivity index (χ0) is 9.84. The van der Waals surface area contributed by atoms with Crippen LogP contribution in [0.3, 0.4) is 0 Å². The lowest BCUT2D eigenvalue weighted by atomic mass is 9.98. The number of rotatable bonds is 3. The second kappa shape index (κ2) is 4.38. The van der Waals surface area contributed by atoms with E-state index in [0.29, 0.717) is 0 Å². The number of benzene rings is 1. The highest BCUT2D eigenvalue weighted by atomic mass is 19.1. The van der Waals surface area contributed by atoms with E-state index >= 15 is 0 Å². The molecule has 2 N–H and O–H groups in total. The molecule has 1 unspecified atom stereocenters. The molecule has 0 saturated heterocycles. The van der Waals surface area contributed by atoms with Crippen LogP contribution in [0, 0.1) is 12.7 Å². The van der Waals surface area contributed by atoms with Gasteiger partial charge in [0.25, 0.3) is 0 Å². The molecule has 1 nitrogen and oxygen atoms in total. The van der Waals surface area contributed by atoms with Crippen LogP contribution in [-0.2, 0) is 0 Å². The predicted octanol–water partition coefficient (Wildman–Crippen LogP) is 2.93. The molecule has 0 aliphatic heterocycles. The molecule has 13 heavy (non-hydrogen) atoms. The molecule has 0 aliphatic rings. The first-order valence-corrected chi connectivity index (χ1v) is 4.66. The minimum Gasteiger partial charge on any atom is -0.324 e. The first-order valence-electron chi connectivity index (χ1n) is 4.66. The normalized spacial score (nSPS) is 12.9. The van der Waals surface area contributed by atoms with Crippen molar-refractivity contribution in [2.75, 3.05) is 0 Å². The van der Waals surface area contributed by atoms with Crippen molar-refractivity contribution in [3.63, 3.8) is 0 Å². The van der Waals surface area contributed by atoms with Crippen LogP contribution < -0.4 is 5.73 Å². The van der Waals surface area contributed by atoms with Crippen LogP contribution in [0.1, 0.15) is 36.9 Å². The van der Waals surface area contributed by atoms with E-state index in [-0.39, 0.29) is 11.9 Å². The van der Waals surface area contributed by atoms with Gasteiger partial charge in [0.2, 0.25) is 0 Å². The zero-order valence-electron chi connectivity index (χ0n) is 8.18. The summed E-state index contributed by atoms with van der Waals surface area (Å²) < 4.78 is 12.9. The molecule has 0 radical (unpaired) electrons. The topological polar surface area (TPSA) is 26.0 Å². The van der Waals surface area contributed by atoms with Crippen LogP contribution in [0.15, 0.2) is 18.2 Å². The molecular weight excluding hydrogens is 165 g/mol. The molecule has 2 heteroatoms. The van der Waals surface area contributed by atoms with Gasteiger partial charge in [-0.15, -0.1) is 0 Å². The Labute approximate surface area is 78.8 Å². The molecule has 0 fully saturated rings. The van der Waals surface area contributed by atoms with Gasteiger partial charge in [0.1, 0.15) is 5.82 Å². The molecule has 1 atom stereocenters. The summed E-state index contributed by atoms with van der Waals surface area (Å²) >= 11 is 0. The van der Waals surface area contributed by atoms with E-state index < -0.39 is 0 Å². The van der Waals surface area contributed by atoms with Gasteiger partial charge in [-0.05, 0) is 36.6 Å². The lowest BCUT2D eigenvalue weighted by Crippen LogP contribution is -2.11. The van der Waals surface area contributed by atoms with E-state index in [1.165, 1.54) is 12.1 Å². The smallest absolute Gasteiger partial charge is 0.123 e. The monoisotopic (exact) mass is 181 g/mol. The molecule has 1 rings (SSSR count). The van der Waals surface area contributed by atoms with Gasteiger partial charge >= 0.3 is 0 Å². The first-order chi connectivity index (χ1) is 6.15. The predicted molar refractivity (Wildman–Crippen MR) is 53.0 cm³/mol. The molecule has 0 saturated carbocycles. The van der Waals surface area contributed by atoms with Crippen molar-refractivity contribution in [2.24, 2.45) is 5.73 Å². The quantitative estimate of drug-likeness (QED) is 0.762. The van der Waals surface area contributed by atoms with E-state index in [1.54, 1.807) is 6.07 Å². The lowest BCUT2D eigenvalue weighted by Gasteiger charge is -2.13. The number of hydrogen-bond acceptors (Lipinski definition) is 1. The first kappa shape index (κ1) is 10.2. The van der Waals surface area contributed by atoms with Crippen molar-refractivity contribution in [2.45, 2.75) is 32.7 Å². The Morgan fingerprint density at radius 2 is 2.15 bits per heavy atom. The third-order valence-corrected chi connectivity index (χ3v) is 2.24. The Bertz CT molecular complexity index is 283. The van der Waals surface area contributed by atoms with Gasteiger partial charge in [-0.2, -0.15) is 0 Å². The summed E-state index contributed by atoms with van der Waals surface area (Å²) in [5, 5.41) is 0. The standard InChI is InChI=1S/C11H16FN/c1-3-4-11(13)10-7-9(12)6-5-8(10)2/h5-7,11H,3-4,13H2,1-2H3. The van der Waals surface area contributed by atoms with Crippen LogP contribution in [0.4, 0.5) is 4.39 Å². The van der Waals surface area contributed by atoms with Crippen molar-refractivity contribution in [1.29, 1.82) is 0 Å². The number of halogens is 1. The summed E-state index contributed by atoms with van der Waals surface area (Å²) in [6, 6.07) is 4.76. The van der Waals surface area contributed by atoms with Gasteiger partial charge in [0, 0.05) is 6.04 Å². The van der Waals surface area contributed by atoms with Gasteiger partial charge < -0.3 is 5.73 Å². The third kappa shape index (κ3) is 2.52. The number of aryl methyl sites for hydroxylation is 1. The van der Waals surface area contributed by atoms with Crippen molar-refractivity contribution >= 4 is 0 Å². The maximum absolute atomic E-state index is 12.9. The van der Waals surface area contributed by atoms with Crippen LogP contribution >= 0.6 is 0 Å². The highest BCUT2D eigenvalue weighted by Crippen LogP contribution is 2.20. The Kier molecular flexibility index (Phi) is 3.43. The summed E-state index contributed by atoms with van der Waals surface area (Å²) in [4.78, 5) is 0. The largest absolute Gasteiger partial charge is 0.324 e. The highest BCUT2D eigenvalue weighted by molar-refractivity contribution is 5.29. The maximum atomic E-state index is 12.9. The third-order valence-electron chi connectivity index (χ3n) is 2.24.